The van der Waals surface area contributed by atoms with Gasteiger partial charge >= 0.3 is 0 Å². The van der Waals surface area contributed by atoms with Gasteiger partial charge in [-0.1, -0.05) is 40.2 Å². The fraction of sp³-hybridized carbons (Fsp3) is 0. The van der Waals surface area contributed by atoms with E-state index in [1.54, 1.807) is 6.08 Å². The zero-order valence-corrected chi connectivity index (χ0v) is 11.5. The van der Waals surface area contributed by atoms with Crippen LogP contribution in [-0.4, -0.2) is 5.91 Å². The lowest BCUT2D eigenvalue weighted by Gasteiger charge is -2.19. The molecular weight excluding hydrogens is 306 g/mol. The highest BCUT2D eigenvalue weighted by Crippen LogP contribution is 2.30. The van der Waals surface area contributed by atoms with Crippen LogP contribution in [0.2, 0.25) is 0 Å². The molecule has 2 aromatic rings. The van der Waals surface area contributed by atoms with Crippen LogP contribution in [0.25, 0.3) is 6.08 Å². The van der Waals surface area contributed by atoms with E-state index < -0.39 is 0 Å². The first-order chi connectivity index (χ1) is 9.22. The normalized spacial score (nSPS) is 15.6. The van der Waals surface area contributed by atoms with E-state index in [-0.39, 0.29) is 5.91 Å². The third-order valence-corrected chi connectivity index (χ3v) is 3.28. The van der Waals surface area contributed by atoms with Gasteiger partial charge in [0, 0.05) is 4.47 Å². The molecular formula is C15H10BrNO2. The molecule has 0 saturated carbocycles. The number of nitrogens with one attached hydrogen (secondary N) is 1. The molecule has 1 aliphatic rings. The van der Waals surface area contributed by atoms with E-state index in [0.717, 1.165) is 10.0 Å². The van der Waals surface area contributed by atoms with E-state index in [4.69, 9.17) is 4.74 Å². The second-order valence-electron chi connectivity index (χ2n) is 4.11. The van der Waals surface area contributed by atoms with Crippen LogP contribution in [0.15, 0.2) is 58.8 Å². The fourth-order valence-corrected chi connectivity index (χ4v) is 2.08. The maximum atomic E-state index is 11.9. The molecule has 0 aliphatic carbocycles. The molecule has 0 bridgehead atoms. The summed E-state index contributed by atoms with van der Waals surface area (Å²) in [5.41, 5.74) is 1.60. The molecule has 4 heteroatoms. The third kappa shape index (κ3) is 2.53. The van der Waals surface area contributed by atoms with E-state index in [2.05, 4.69) is 21.2 Å². The number of ether oxygens (including phenoxy) is 1. The Bertz CT molecular complexity index is 662. The van der Waals surface area contributed by atoms with Gasteiger partial charge < -0.3 is 10.1 Å². The SMILES string of the molecule is O=C1Nc2ccccc2O/C1=C\c1ccc(Br)cc1. The summed E-state index contributed by atoms with van der Waals surface area (Å²) < 4.78 is 6.61. The summed E-state index contributed by atoms with van der Waals surface area (Å²) in [7, 11) is 0. The zero-order chi connectivity index (χ0) is 13.2. The van der Waals surface area contributed by atoms with Crippen LogP contribution in [-0.2, 0) is 4.79 Å². The summed E-state index contributed by atoms with van der Waals surface area (Å²) in [5.74, 6) is 0.716. The number of hydrogen-bond acceptors (Lipinski definition) is 2. The first-order valence-corrected chi connectivity index (χ1v) is 6.57. The summed E-state index contributed by atoms with van der Waals surface area (Å²) in [6, 6.07) is 15.0. The topological polar surface area (TPSA) is 38.3 Å². The highest BCUT2D eigenvalue weighted by Gasteiger charge is 2.21. The number of carbonyl (C=O) groups excluding carboxylic acids is 1. The average molecular weight is 316 g/mol. The van der Waals surface area contributed by atoms with Gasteiger partial charge in [-0.15, -0.1) is 0 Å². The number of fused-ring (bicyclic) bond motifs is 1. The van der Waals surface area contributed by atoms with Crippen LogP contribution in [0, 0.1) is 0 Å². The molecule has 1 aliphatic heterocycles. The number of rotatable bonds is 1. The molecule has 19 heavy (non-hydrogen) atoms. The number of amides is 1. The van der Waals surface area contributed by atoms with Gasteiger partial charge in [-0.25, -0.2) is 0 Å². The van der Waals surface area contributed by atoms with E-state index >= 15 is 0 Å². The number of benzene rings is 2. The summed E-state index contributed by atoms with van der Waals surface area (Å²) >= 11 is 3.37. The predicted molar refractivity (Wildman–Crippen MR) is 77.8 cm³/mol. The highest BCUT2D eigenvalue weighted by molar-refractivity contribution is 9.10. The van der Waals surface area contributed by atoms with Crippen LogP contribution in [0.4, 0.5) is 5.69 Å². The maximum Gasteiger partial charge on any atom is 0.291 e. The van der Waals surface area contributed by atoms with Crippen LogP contribution < -0.4 is 10.1 Å². The minimum atomic E-state index is -0.235. The first kappa shape index (κ1) is 12.0. The van der Waals surface area contributed by atoms with Gasteiger partial charge in [0.1, 0.15) is 0 Å². The van der Waals surface area contributed by atoms with Gasteiger partial charge in [0.05, 0.1) is 5.69 Å². The molecule has 0 fully saturated rings. The van der Waals surface area contributed by atoms with Crippen LogP contribution in [0.5, 0.6) is 5.75 Å². The molecule has 3 rings (SSSR count). The molecule has 2 aromatic carbocycles. The minimum absolute atomic E-state index is 0.235. The van der Waals surface area contributed by atoms with E-state index in [9.17, 15) is 4.79 Å². The lowest BCUT2D eigenvalue weighted by atomic mass is 10.2. The van der Waals surface area contributed by atoms with E-state index in [1.807, 2.05) is 48.5 Å². The first-order valence-electron chi connectivity index (χ1n) is 5.78. The van der Waals surface area contributed by atoms with Crippen molar-refractivity contribution >= 4 is 33.6 Å². The molecule has 0 unspecified atom stereocenters. The Hall–Kier alpha value is -2.07. The molecule has 0 saturated heterocycles. The Morgan fingerprint density at radius 3 is 2.58 bits per heavy atom. The van der Waals surface area contributed by atoms with Crippen molar-refractivity contribution in [2.24, 2.45) is 0 Å². The van der Waals surface area contributed by atoms with Crippen LogP contribution in [0.1, 0.15) is 5.56 Å². The monoisotopic (exact) mass is 315 g/mol. The molecule has 1 amide bonds. The highest BCUT2D eigenvalue weighted by atomic mass is 79.9. The molecule has 0 spiro atoms. The van der Waals surface area contributed by atoms with E-state index in [1.165, 1.54) is 0 Å². The van der Waals surface area contributed by atoms with Gasteiger partial charge in [0.25, 0.3) is 5.91 Å². The fourth-order valence-electron chi connectivity index (χ4n) is 1.81. The molecule has 94 valence electrons. The van der Waals surface area contributed by atoms with Gasteiger partial charge in [-0.2, -0.15) is 0 Å². The lowest BCUT2D eigenvalue weighted by Crippen LogP contribution is -2.23. The number of carbonyl (C=O) groups is 1. The largest absolute Gasteiger partial charge is 0.449 e. The van der Waals surface area contributed by atoms with Crippen molar-refractivity contribution in [3.63, 3.8) is 0 Å². The van der Waals surface area contributed by atoms with Gasteiger partial charge in [-0.05, 0) is 35.9 Å². The average Bonchev–Trinajstić information content (AvgIpc) is 2.42. The second-order valence-corrected chi connectivity index (χ2v) is 5.03. The van der Waals surface area contributed by atoms with Crippen molar-refractivity contribution in [3.8, 4) is 5.75 Å². The molecule has 1 heterocycles. The number of anilines is 1. The molecule has 0 aromatic heterocycles. The predicted octanol–water partition coefficient (Wildman–Crippen LogP) is 3.82. The zero-order valence-electron chi connectivity index (χ0n) is 9.89. The van der Waals surface area contributed by atoms with Crippen LogP contribution in [0.3, 0.4) is 0 Å². The smallest absolute Gasteiger partial charge is 0.291 e. The van der Waals surface area contributed by atoms with Gasteiger partial charge in [-0.3, -0.25) is 4.79 Å². The standard InChI is InChI=1S/C15H10BrNO2/c16-11-7-5-10(6-8-11)9-14-15(18)17-12-3-1-2-4-13(12)19-14/h1-9H,(H,17,18)/b14-9-. The molecule has 0 radical (unpaired) electrons. The number of hydrogen-bond donors (Lipinski definition) is 1. The Kier molecular flexibility index (Phi) is 3.09. The van der Waals surface area contributed by atoms with Crippen molar-refractivity contribution in [2.75, 3.05) is 5.32 Å². The van der Waals surface area contributed by atoms with Crippen molar-refractivity contribution in [2.45, 2.75) is 0 Å². The van der Waals surface area contributed by atoms with Gasteiger partial charge in [0.15, 0.2) is 11.5 Å². The minimum Gasteiger partial charge on any atom is -0.449 e. The number of halogens is 1. The van der Waals surface area contributed by atoms with E-state index in [0.29, 0.717) is 17.2 Å². The second kappa shape index (κ2) is 4.90. The Balaban J connectivity index is 1.94. The van der Waals surface area contributed by atoms with Crippen molar-refractivity contribution in [1.29, 1.82) is 0 Å². The van der Waals surface area contributed by atoms with Crippen molar-refractivity contribution in [3.05, 3.63) is 64.3 Å². The quantitative estimate of drug-likeness (QED) is 0.812. The summed E-state index contributed by atoms with van der Waals surface area (Å²) in [5, 5.41) is 2.80. The van der Waals surface area contributed by atoms with Crippen LogP contribution >= 0.6 is 15.9 Å². The van der Waals surface area contributed by atoms with Crippen molar-refractivity contribution < 1.29 is 9.53 Å². The van der Waals surface area contributed by atoms with Gasteiger partial charge in [0.2, 0.25) is 0 Å². The molecule has 1 N–H and O–H groups in total. The Morgan fingerprint density at radius 1 is 1.05 bits per heavy atom. The summed E-state index contributed by atoms with van der Waals surface area (Å²) in [4.78, 5) is 11.9. The molecule has 3 nitrogen and oxygen atoms in total. The maximum absolute atomic E-state index is 11.9. The Morgan fingerprint density at radius 2 is 1.79 bits per heavy atom. The Labute approximate surface area is 119 Å². The van der Waals surface area contributed by atoms with Crippen molar-refractivity contribution in [1.82, 2.24) is 0 Å². The lowest BCUT2D eigenvalue weighted by molar-refractivity contribution is -0.115. The third-order valence-electron chi connectivity index (χ3n) is 2.75. The number of para-hydroxylation sites is 2. The molecule has 0 atom stereocenters. The summed E-state index contributed by atoms with van der Waals surface area (Å²) in [6.07, 6.45) is 1.72. The summed E-state index contributed by atoms with van der Waals surface area (Å²) in [6.45, 7) is 0.